The summed E-state index contributed by atoms with van der Waals surface area (Å²) in [7, 11) is 0. The minimum atomic E-state index is -0.890. The molecule has 1 aromatic heterocycles. The lowest BCUT2D eigenvalue weighted by Gasteiger charge is -2.04. The van der Waals surface area contributed by atoms with Crippen molar-refractivity contribution >= 4 is 17.3 Å². The van der Waals surface area contributed by atoms with E-state index in [1.165, 1.54) is 11.3 Å². The summed E-state index contributed by atoms with van der Waals surface area (Å²) in [5.41, 5.74) is 6.65. The van der Waals surface area contributed by atoms with Gasteiger partial charge in [-0.1, -0.05) is 13.8 Å². The van der Waals surface area contributed by atoms with Crippen LogP contribution in [0.5, 0.6) is 0 Å². The lowest BCUT2D eigenvalue weighted by molar-refractivity contribution is -0.137. The van der Waals surface area contributed by atoms with E-state index in [1.807, 2.05) is 19.2 Å². The third-order valence-corrected chi connectivity index (χ3v) is 2.84. The largest absolute Gasteiger partial charge is 0.481 e. The smallest absolute Gasteiger partial charge is 0.305 e. The average Bonchev–Trinajstić information content (AvgIpc) is 2.50. The van der Waals surface area contributed by atoms with Gasteiger partial charge < -0.3 is 10.8 Å². The molecule has 0 saturated carbocycles. The van der Waals surface area contributed by atoms with E-state index in [2.05, 4.69) is 4.98 Å². The van der Waals surface area contributed by atoms with Gasteiger partial charge >= 0.3 is 5.97 Å². The molecule has 5 heteroatoms. The molecule has 3 N–H and O–H groups in total. The molecule has 0 aliphatic rings. The van der Waals surface area contributed by atoms with Crippen molar-refractivity contribution in [3.63, 3.8) is 0 Å². The number of aliphatic carboxylic acids is 1. The second kappa shape index (κ2) is 4.52. The highest BCUT2D eigenvalue weighted by atomic mass is 32.1. The van der Waals surface area contributed by atoms with Crippen LogP contribution in [-0.4, -0.2) is 16.1 Å². The highest BCUT2D eigenvalue weighted by Gasteiger charge is 2.15. The fourth-order valence-electron chi connectivity index (χ4n) is 1.01. The highest BCUT2D eigenvalue weighted by molar-refractivity contribution is 7.09. The standard InChI is InChI=1S/C9H14N2O2S/c1-5(2)7-4-14-9(11-7)6(10)3-8(12)13/h4-6H,3,10H2,1-2H3,(H,12,13). The van der Waals surface area contributed by atoms with E-state index in [0.717, 1.165) is 5.69 Å². The van der Waals surface area contributed by atoms with Crippen molar-refractivity contribution in [2.45, 2.75) is 32.2 Å². The van der Waals surface area contributed by atoms with E-state index in [1.54, 1.807) is 0 Å². The zero-order chi connectivity index (χ0) is 10.7. The molecule has 0 spiro atoms. The van der Waals surface area contributed by atoms with E-state index in [4.69, 9.17) is 10.8 Å². The minimum Gasteiger partial charge on any atom is -0.481 e. The monoisotopic (exact) mass is 214 g/mol. The van der Waals surface area contributed by atoms with Crippen molar-refractivity contribution in [3.05, 3.63) is 16.1 Å². The fourth-order valence-corrected chi connectivity index (χ4v) is 1.99. The number of aromatic nitrogens is 1. The van der Waals surface area contributed by atoms with Crippen molar-refractivity contribution < 1.29 is 9.90 Å². The number of carboxylic acids is 1. The summed E-state index contributed by atoms with van der Waals surface area (Å²) in [6, 6.07) is -0.481. The number of carbonyl (C=O) groups is 1. The molecule has 0 aromatic carbocycles. The molecule has 0 radical (unpaired) electrons. The van der Waals surface area contributed by atoms with E-state index >= 15 is 0 Å². The zero-order valence-electron chi connectivity index (χ0n) is 8.23. The number of hydrogen-bond donors (Lipinski definition) is 2. The first-order valence-electron chi connectivity index (χ1n) is 4.43. The maximum absolute atomic E-state index is 10.4. The van der Waals surface area contributed by atoms with Crippen molar-refractivity contribution in [2.75, 3.05) is 0 Å². The Balaban J connectivity index is 2.71. The number of thiazole rings is 1. The van der Waals surface area contributed by atoms with E-state index in [0.29, 0.717) is 10.9 Å². The van der Waals surface area contributed by atoms with Crippen molar-refractivity contribution in [2.24, 2.45) is 5.73 Å². The predicted octanol–water partition coefficient (Wildman–Crippen LogP) is 1.74. The topological polar surface area (TPSA) is 76.2 Å². The van der Waals surface area contributed by atoms with Gasteiger partial charge in [-0.05, 0) is 5.92 Å². The number of hydrogen-bond acceptors (Lipinski definition) is 4. The van der Waals surface area contributed by atoms with Crippen LogP contribution in [0.1, 0.15) is 42.9 Å². The third-order valence-electron chi connectivity index (χ3n) is 1.84. The number of rotatable bonds is 4. The molecule has 4 nitrogen and oxygen atoms in total. The lowest BCUT2D eigenvalue weighted by atomic mass is 10.1. The van der Waals surface area contributed by atoms with Crippen LogP contribution in [0.3, 0.4) is 0 Å². The van der Waals surface area contributed by atoms with Gasteiger partial charge in [-0.25, -0.2) is 4.98 Å². The average molecular weight is 214 g/mol. The molecule has 1 aromatic rings. The van der Waals surface area contributed by atoms with Crippen molar-refractivity contribution in [1.82, 2.24) is 4.98 Å². The van der Waals surface area contributed by atoms with Crippen molar-refractivity contribution in [3.8, 4) is 0 Å². The lowest BCUT2D eigenvalue weighted by Crippen LogP contribution is -2.14. The fraction of sp³-hybridized carbons (Fsp3) is 0.556. The van der Waals surface area contributed by atoms with Gasteiger partial charge in [-0.3, -0.25) is 4.79 Å². The number of nitrogens with zero attached hydrogens (tertiary/aromatic N) is 1. The summed E-state index contributed by atoms with van der Waals surface area (Å²) in [6.07, 6.45) is -0.0644. The van der Waals surface area contributed by atoms with Crippen molar-refractivity contribution in [1.29, 1.82) is 0 Å². The van der Waals surface area contributed by atoms with E-state index < -0.39 is 12.0 Å². The van der Waals surface area contributed by atoms with Crippen LogP contribution >= 0.6 is 11.3 Å². The van der Waals surface area contributed by atoms with Gasteiger partial charge in [0.25, 0.3) is 0 Å². The second-order valence-electron chi connectivity index (χ2n) is 3.47. The van der Waals surface area contributed by atoms with Gasteiger partial charge in [-0.15, -0.1) is 11.3 Å². The summed E-state index contributed by atoms with van der Waals surface area (Å²) in [6.45, 7) is 4.09. The zero-order valence-corrected chi connectivity index (χ0v) is 9.04. The molecular weight excluding hydrogens is 200 g/mol. The maximum Gasteiger partial charge on any atom is 0.305 e. The van der Waals surface area contributed by atoms with Crippen LogP contribution in [0.2, 0.25) is 0 Å². The molecule has 1 rings (SSSR count). The Morgan fingerprint density at radius 1 is 1.71 bits per heavy atom. The van der Waals surface area contributed by atoms with Crippen LogP contribution in [-0.2, 0) is 4.79 Å². The second-order valence-corrected chi connectivity index (χ2v) is 4.36. The van der Waals surface area contributed by atoms with Crippen LogP contribution in [0, 0.1) is 0 Å². The van der Waals surface area contributed by atoms with Gasteiger partial charge in [0.15, 0.2) is 0 Å². The molecule has 0 saturated heterocycles. The Bertz CT molecular complexity index is 322. The summed E-state index contributed by atoms with van der Waals surface area (Å²) in [5.74, 6) is -0.532. The van der Waals surface area contributed by atoms with Crippen LogP contribution < -0.4 is 5.73 Å². The maximum atomic E-state index is 10.4. The number of nitrogens with two attached hydrogens (primary N) is 1. The van der Waals surface area contributed by atoms with E-state index in [9.17, 15) is 4.79 Å². The van der Waals surface area contributed by atoms with Crippen LogP contribution in [0.25, 0.3) is 0 Å². The Labute approximate surface area is 86.8 Å². The number of carboxylic acid groups (broad SMARTS) is 1. The molecule has 1 unspecified atom stereocenters. The van der Waals surface area contributed by atoms with Gasteiger partial charge in [0.2, 0.25) is 0 Å². The predicted molar refractivity (Wildman–Crippen MR) is 55.4 cm³/mol. The van der Waals surface area contributed by atoms with Gasteiger partial charge in [0, 0.05) is 5.38 Å². The first-order chi connectivity index (χ1) is 6.50. The molecule has 1 heterocycles. The van der Waals surface area contributed by atoms with E-state index in [-0.39, 0.29) is 6.42 Å². The summed E-state index contributed by atoms with van der Waals surface area (Å²) < 4.78 is 0. The minimum absolute atomic E-state index is 0.0644. The quantitative estimate of drug-likeness (QED) is 0.800. The van der Waals surface area contributed by atoms with Crippen LogP contribution in [0.4, 0.5) is 0 Å². The molecule has 0 fully saturated rings. The summed E-state index contributed by atoms with van der Waals surface area (Å²) in [4.78, 5) is 14.7. The van der Waals surface area contributed by atoms with Gasteiger partial charge in [0.1, 0.15) is 5.01 Å². The molecule has 1 atom stereocenters. The first kappa shape index (κ1) is 11.1. The Morgan fingerprint density at radius 2 is 2.36 bits per heavy atom. The Kier molecular flexibility index (Phi) is 3.60. The summed E-state index contributed by atoms with van der Waals surface area (Å²) in [5, 5.41) is 11.2. The molecule has 0 bridgehead atoms. The molecule has 0 aliphatic heterocycles. The molecule has 78 valence electrons. The van der Waals surface area contributed by atoms with Gasteiger partial charge in [-0.2, -0.15) is 0 Å². The Hall–Kier alpha value is -0.940. The summed E-state index contributed by atoms with van der Waals surface area (Å²) >= 11 is 1.43. The molecule has 0 amide bonds. The first-order valence-corrected chi connectivity index (χ1v) is 5.31. The third kappa shape index (κ3) is 2.78. The molecule has 14 heavy (non-hydrogen) atoms. The molecular formula is C9H14N2O2S. The SMILES string of the molecule is CC(C)c1csc(C(N)CC(=O)O)n1. The normalized spacial score (nSPS) is 13.1. The van der Waals surface area contributed by atoms with Gasteiger partial charge in [0.05, 0.1) is 18.2 Å². The van der Waals surface area contributed by atoms with Crippen LogP contribution in [0.15, 0.2) is 5.38 Å². The Morgan fingerprint density at radius 3 is 2.79 bits per heavy atom. The highest BCUT2D eigenvalue weighted by Crippen LogP contribution is 2.23. The molecule has 0 aliphatic carbocycles.